The first-order chi connectivity index (χ1) is 11.8. The highest BCUT2D eigenvalue weighted by Crippen LogP contribution is 2.34. The summed E-state index contributed by atoms with van der Waals surface area (Å²) in [6.45, 7) is 1.39. The minimum absolute atomic E-state index is 0. The minimum Gasteiger partial charge on any atom is -0.493 e. The van der Waals surface area contributed by atoms with Crippen molar-refractivity contribution in [1.29, 1.82) is 0 Å². The number of amides is 1. The van der Waals surface area contributed by atoms with Gasteiger partial charge in [0.05, 0.1) is 19.3 Å². The van der Waals surface area contributed by atoms with Gasteiger partial charge in [-0.05, 0) is 51.1 Å². The molecule has 5 nitrogen and oxygen atoms in total. The number of carbonyl (C=O) groups is 1. The van der Waals surface area contributed by atoms with E-state index in [1.165, 1.54) is 12.8 Å². The molecule has 1 aromatic carbocycles. The van der Waals surface area contributed by atoms with Crippen molar-refractivity contribution in [2.75, 3.05) is 13.7 Å². The van der Waals surface area contributed by atoms with Crippen LogP contribution in [0.25, 0.3) is 0 Å². The van der Waals surface area contributed by atoms with Gasteiger partial charge in [-0.3, -0.25) is 4.79 Å². The number of carbonyl (C=O) groups excluding carboxylic acids is 1. The van der Waals surface area contributed by atoms with Gasteiger partial charge in [0.1, 0.15) is 0 Å². The molecule has 1 unspecified atom stereocenters. The Hall–Kier alpha value is -1.46. The Morgan fingerprint density at radius 3 is 2.64 bits per heavy atom. The van der Waals surface area contributed by atoms with Crippen LogP contribution < -0.4 is 20.1 Å². The molecule has 0 bridgehead atoms. The Kier molecular flexibility index (Phi) is 7.85. The SMILES string of the molecule is COc1cccc(CNC(=O)C2CCCCN2)c1OC1CCCC1.Cl. The van der Waals surface area contributed by atoms with Crippen molar-refractivity contribution < 1.29 is 14.3 Å². The van der Waals surface area contributed by atoms with E-state index < -0.39 is 0 Å². The Morgan fingerprint density at radius 2 is 1.96 bits per heavy atom. The molecule has 2 fully saturated rings. The van der Waals surface area contributed by atoms with Crippen LogP contribution in [0.3, 0.4) is 0 Å². The molecule has 2 N–H and O–H groups in total. The molecular weight excluding hydrogens is 340 g/mol. The van der Waals surface area contributed by atoms with Crippen LogP contribution in [-0.2, 0) is 11.3 Å². The van der Waals surface area contributed by atoms with Crippen LogP contribution in [0.15, 0.2) is 18.2 Å². The molecule has 1 aliphatic heterocycles. The number of hydrogen-bond acceptors (Lipinski definition) is 4. The van der Waals surface area contributed by atoms with Crippen molar-refractivity contribution in [2.45, 2.75) is 63.6 Å². The van der Waals surface area contributed by atoms with Gasteiger partial charge in [-0.1, -0.05) is 18.6 Å². The van der Waals surface area contributed by atoms with Crippen molar-refractivity contribution in [3.63, 3.8) is 0 Å². The number of nitrogens with one attached hydrogen (secondary N) is 2. The lowest BCUT2D eigenvalue weighted by Crippen LogP contribution is -2.46. The molecular formula is C19H29ClN2O3. The normalized spacial score (nSPS) is 20.6. The van der Waals surface area contributed by atoms with Crippen LogP contribution in [0.4, 0.5) is 0 Å². The summed E-state index contributed by atoms with van der Waals surface area (Å²) in [6.07, 6.45) is 8.06. The van der Waals surface area contributed by atoms with E-state index in [4.69, 9.17) is 9.47 Å². The van der Waals surface area contributed by atoms with E-state index in [9.17, 15) is 4.79 Å². The molecule has 1 atom stereocenters. The summed E-state index contributed by atoms with van der Waals surface area (Å²) in [5, 5.41) is 6.33. The van der Waals surface area contributed by atoms with Crippen LogP contribution in [0.5, 0.6) is 11.5 Å². The summed E-state index contributed by atoms with van der Waals surface area (Å²) in [5.74, 6) is 1.59. The number of hydrogen-bond donors (Lipinski definition) is 2. The maximum absolute atomic E-state index is 12.3. The summed E-state index contributed by atoms with van der Waals surface area (Å²) in [6, 6.07) is 5.80. The molecule has 0 spiro atoms. The lowest BCUT2D eigenvalue weighted by atomic mass is 10.0. The lowest BCUT2D eigenvalue weighted by molar-refractivity contribution is -0.123. The van der Waals surface area contributed by atoms with Crippen LogP contribution in [0.1, 0.15) is 50.5 Å². The van der Waals surface area contributed by atoms with Crippen molar-refractivity contribution >= 4 is 18.3 Å². The molecule has 1 aliphatic carbocycles. The van der Waals surface area contributed by atoms with Gasteiger partial charge in [-0.25, -0.2) is 0 Å². The average molecular weight is 369 g/mol. The third kappa shape index (κ3) is 5.25. The zero-order valence-corrected chi connectivity index (χ0v) is 15.7. The number of benzene rings is 1. The van der Waals surface area contributed by atoms with Gasteiger partial charge in [-0.2, -0.15) is 0 Å². The van der Waals surface area contributed by atoms with E-state index in [1.807, 2.05) is 18.2 Å². The second-order valence-corrected chi connectivity index (χ2v) is 6.69. The van der Waals surface area contributed by atoms with E-state index in [0.717, 1.165) is 55.7 Å². The molecule has 140 valence electrons. The molecule has 1 heterocycles. The van der Waals surface area contributed by atoms with E-state index >= 15 is 0 Å². The number of ether oxygens (including phenoxy) is 2. The Bertz CT molecular complexity index is 556. The van der Waals surface area contributed by atoms with E-state index in [-0.39, 0.29) is 30.5 Å². The quantitative estimate of drug-likeness (QED) is 0.809. The predicted molar refractivity (Wildman–Crippen MR) is 101 cm³/mol. The number of rotatable bonds is 6. The van der Waals surface area contributed by atoms with Gasteiger partial charge in [0.2, 0.25) is 5.91 Å². The summed E-state index contributed by atoms with van der Waals surface area (Å²) < 4.78 is 11.7. The first kappa shape index (κ1) is 19.9. The predicted octanol–water partition coefficient (Wildman–Crippen LogP) is 3.20. The van der Waals surface area contributed by atoms with Gasteiger partial charge in [0.15, 0.2) is 11.5 Å². The minimum atomic E-state index is -0.0661. The van der Waals surface area contributed by atoms with Crippen molar-refractivity contribution in [3.8, 4) is 11.5 Å². The molecule has 0 aromatic heterocycles. The monoisotopic (exact) mass is 368 g/mol. The molecule has 6 heteroatoms. The third-order valence-corrected chi connectivity index (χ3v) is 4.95. The molecule has 0 radical (unpaired) electrons. The van der Waals surface area contributed by atoms with Gasteiger partial charge in [0.25, 0.3) is 0 Å². The second kappa shape index (κ2) is 9.88. The fourth-order valence-corrected chi connectivity index (χ4v) is 3.55. The fourth-order valence-electron chi connectivity index (χ4n) is 3.55. The van der Waals surface area contributed by atoms with Crippen molar-refractivity contribution in [1.82, 2.24) is 10.6 Å². The maximum Gasteiger partial charge on any atom is 0.237 e. The molecule has 1 saturated carbocycles. The van der Waals surface area contributed by atoms with Gasteiger partial charge in [-0.15, -0.1) is 12.4 Å². The van der Waals surface area contributed by atoms with Crippen LogP contribution in [0.2, 0.25) is 0 Å². The Labute approximate surface area is 156 Å². The summed E-state index contributed by atoms with van der Waals surface area (Å²) in [5.41, 5.74) is 0.977. The zero-order valence-electron chi connectivity index (χ0n) is 14.9. The maximum atomic E-state index is 12.3. The van der Waals surface area contributed by atoms with Crippen LogP contribution in [-0.4, -0.2) is 31.7 Å². The van der Waals surface area contributed by atoms with Crippen molar-refractivity contribution in [3.05, 3.63) is 23.8 Å². The lowest BCUT2D eigenvalue weighted by Gasteiger charge is -2.23. The first-order valence-electron chi connectivity index (χ1n) is 9.11. The van der Waals surface area contributed by atoms with Crippen LogP contribution in [0, 0.1) is 0 Å². The second-order valence-electron chi connectivity index (χ2n) is 6.69. The van der Waals surface area contributed by atoms with Gasteiger partial charge < -0.3 is 20.1 Å². The van der Waals surface area contributed by atoms with E-state index in [0.29, 0.717) is 6.54 Å². The highest BCUT2D eigenvalue weighted by atomic mass is 35.5. The highest BCUT2D eigenvalue weighted by Gasteiger charge is 2.23. The van der Waals surface area contributed by atoms with Gasteiger partial charge >= 0.3 is 0 Å². The van der Waals surface area contributed by atoms with Gasteiger partial charge in [0, 0.05) is 12.1 Å². The van der Waals surface area contributed by atoms with Crippen molar-refractivity contribution in [2.24, 2.45) is 0 Å². The third-order valence-electron chi connectivity index (χ3n) is 4.95. The number of piperidine rings is 1. The number of para-hydroxylation sites is 1. The van der Waals surface area contributed by atoms with E-state index in [2.05, 4.69) is 10.6 Å². The standard InChI is InChI=1S/C19H28N2O3.ClH/c1-23-17-11-6-7-14(18(17)24-15-8-2-3-9-15)13-21-19(22)16-10-4-5-12-20-16;/h6-7,11,15-16,20H,2-5,8-10,12-13H2,1H3,(H,21,22);1H. The Balaban J connectivity index is 0.00000225. The Morgan fingerprint density at radius 1 is 1.20 bits per heavy atom. The first-order valence-corrected chi connectivity index (χ1v) is 9.11. The number of methoxy groups -OCH3 is 1. The fraction of sp³-hybridized carbons (Fsp3) is 0.632. The molecule has 2 aliphatic rings. The zero-order chi connectivity index (χ0) is 16.8. The molecule has 1 amide bonds. The summed E-state index contributed by atoms with van der Waals surface area (Å²) in [7, 11) is 1.66. The van der Waals surface area contributed by atoms with E-state index in [1.54, 1.807) is 7.11 Å². The molecule has 3 rings (SSSR count). The molecule has 25 heavy (non-hydrogen) atoms. The molecule has 1 aromatic rings. The number of halogens is 1. The summed E-state index contributed by atoms with van der Waals surface area (Å²) >= 11 is 0. The smallest absolute Gasteiger partial charge is 0.237 e. The topological polar surface area (TPSA) is 59.6 Å². The highest BCUT2D eigenvalue weighted by molar-refractivity contribution is 5.85. The largest absolute Gasteiger partial charge is 0.493 e. The molecule has 1 saturated heterocycles. The average Bonchev–Trinajstić information content (AvgIpc) is 3.14. The summed E-state index contributed by atoms with van der Waals surface area (Å²) in [4.78, 5) is 12.3. The van der Waals surface area contributed by atoms with Crippen LogP contribution >= 0.6 is 12.4 Å².